The summed E-state index contributed by atoms with van der Waals surface area (Å²) in [5.41, 5.74) is 1.38. The fourth-order valence-electron chi connectivity index (χ4n) is 5.92. The van der Waals surface area contributed by atoms with Gasteiger partial charge < -0.3 is 4.74 Å². The fourth-order valence-corrected chi connectivity index (χ4v) is 102. The zero-order chi connectivity index (χ0) is 20.2. The van der Waals surface area contributed by atoms with Crippen molar-refractivity contribution in [1.29, 1.82) is 0 Å². The summed E-state index contributed by atoms with van der Waals surface area (Å²) in [5.74, 6) is 0. The van der Waals surface area contributed by atoms with Crippen LogP contribution < -0.4 is 0 Å². The molecule has 0 amide bonds. The Balaban J connectivity index is 3.50. The zero-order valence-corrected chi connectivity index (χ0v) is 22.5. The normalized spacial score (nSPS) is 13.6. The van der Waals surface area contributed by atoms with Crippen molar-refractivity contribution in [3.05, 3.63) is 35.9 Å². The number of benzene rings is 1. The van der Waals surface area contributed by atoms with Crippen LogP contribution in [0.2, 0.25) is 57.4 Å². The first-order valence-electron chi connectivity index (χ1n) is 10.1. The van der Waals surface area contributed by atoms with Crippen molar-refractivity contribution in [1.82, 2.24) is 0 Å². The summed E-state index contributed by atoms with van der Waals surface area (Å²) in [4.78, 5) is 14.0. The SMILES string of the molecule is CC[Si](CC)(CC)[Si](C(=O)OCc1ccccc1)([Si](C)(C)C)[Si](C)(C)C. The summed E-state index contributed by atoms with van der Waals surface area (Å²) in [6.45, 7) is 20.2. The molecule has 0 N–H and O–H groups in total. The topological polar surface area (TPSA) is 26.3 Å². The lowest BCUT2D eigenvalue weighted by Crippen LogP contribution is -2.88. The highest BCUT2D eigenvalue weighted by Gasteiger charge is 2.70. The summed E-state index contributed by atoms with van der Waals surface area (Å²) in [5, 5.41) is 0. The van der Waals surface area contributed by atoms with Gasteiger partial charge in [0.05, 0.1) is 7.59 Å². The maximum absolute atomic E-state index is 14.0. The summed E-state index contributed by atoms with van der Waals surface area (Å²) >= 11 is 0. The second-order valence-electron chi connectivity index (χ2n) is 9.65. The van der Waals surface area contributed by atoms with E-state index in [1.165, 1.54) is 18.1 Å². The van der Waals surface area contributed by atoms with Crippen molar-refractivity contribution in [3.8, 4) is 0 Å². The molecule has 1 rings (SSSR count). The first kappa shape index (κ1) is 23.6. The molecule has 148 valence electrons. The van der Waals surface area contributed by atoms with Crippen molar-refractivity contribution in [2.75, 3.05) is 0 Å². The highest BCUT2D eigenvalue weighted by atomic mass is 29.9. The third-order valence-electron chi connectivity index (χ3n) is 6.59. The van der Waals surface area contributed by atoms with E-state index in [4.69, 9.17) is 4.74 Å². The molecule has 1 aromatic carbocycles. The number of carbonyl (C=O) groups excluding carboxylic acids is 1. The van der Waals surface area contributed by atoms with Crippen molar-refractivity contribution < 1.29 is 9.53 Å². The molecule has 0 fully saturated rings. The van der Waals surface area contributed by atoms with Crippen LogP contribution in [0, 0.1) is 0 Å². The molecule has 0 saturated carbocycles. The maximum Gasteiger partial charge on any atom is 0.264 e. The molecule has 2 nitrogen and oxygen atoms in total. The van der Waals surface area contributed by atoms with Crippen molar-refractivity contribution in [2.24, 2.45) is 0 Å². The lowest BCUT2D eigenvalue weighted by Gasteiger charge is -2.57. The van der Waals surface area contributed by atoms with Gasteiger partial charge in [-0.05, 0) is 5.56 Å². The van der Waals surface area contributed by atoms with Gasteiger partial charge in [-0.1, -0.05) is 109 Å². The summed E-state index contributed by atoms with van der Waals surface area (Å²) < 4.78 is 6.19. The number of rotatable bonds is 9. The quantitative estimate of drug-likeness (QED) is 0.409. The molecule has 0 spiro atoms. The van der Waals surface area contributed by atoms with E-state index in [2.05, 4.69) is 72.2 Å². The van der Waals surface area contributed by atoms with E-state index in [0.29, 0.717) is 6.61 Å². The Morgan fingerprint density at radius 1 is 0.808 bits per heavy atom. The molecule has 0 unspecified atom stereocenters. The van der Waals surface area contributed by atoms with Crippen LogP contribution >= 0.6 is 0 Å². The molecule has 0 atom stereocenters. The van der Waals surface area contributed by atoms with Crippen LogP contribution in [0.15, 0.2) is 30.3 Å². The fraction of sp³-hybridized carbons (Fsp3) is 0.650. The molecule has 26 heavy (non-hydrogen) atoms. The second-order valence-corrected chi connectivity index (χ2v) is 48.7. The van der Waals surface area contributed by atoms with Crippen LogP contribution in [0.1, 0.15) is 26.3 Å². The molecule has 0 radical (unpaired) electrons. The third kappa shape index (κ3) is 4.03. The lowest BCUT2D eigenvalue weighted by atomic mass is 10.2. The molecule has 6 heteroatoms. The van der Waals surface area contributed by atoms with Gasteiger partial charge in [0.15, 0.2) is 6.63 Å². The molecule has 0 aliphatic rings. The molecule has 0 aliphatic carbocycles. The lowest BCUT2D eigenvalue weighted by molar-refractivity contribution is 0.165. The number of hydrogen-bond donors (Lipinski definition) is 0. The minimum Gasteiger partial charge on any atom is -0.466 e. The Labute approximate surface area is 165 Å². The summed E-state index contributed by atoms with van der Waals surface area (Å²) in [6, 6.07) is 13.9. The van der Waals surface area contributed by atoms with E-state index in [1.54, 1.807) is 0 Å². The van der Waals surface area contributed by atoms with Crippen LogP contribution in [0.25, 0.3) is 0 Å². The minimum absolute atomic E-state index is 0.275. The zero-order valence-electron chi connectivity index (χ0n) is 18.5. The van der Waals surface area contributed by atoms with E-state index < -0.39 is 29.4 Å². The van der Waals surface area contributed by atoms with Gasteiger partial charge in [0.2, 0.25) is 0 Å². The highest BCUT2D eigenvalue weighted by Crippen LogP contribution is 2.44. The van der Waals surface area contributed by atoms with Crippen LogP contribution in [0.5, 0.6) is 0 Å². The molecule has 0 saturated heterocycles. The molecule has 0 aromatic heterocycles. The molecule has 1 aromatic rings. The van der Waals surface area contributed by atoms with Gasteiger partial charge in [-0.25, -0.2) is 0 Å². The second kappa shape index (κ2) is 8.71. The third-order valence-corrected chi connectivity index (χ3v) is 77.3. The van der Waals surface area contributed by atoms with Crippen molar-refractivity contribution in [2.45, 2.75) is 84.8 Å². The smallest absolute Gasteiger partial charge is 0.264 e. The van der Waals surface area contributed by atoms with Gasteiger partial charge in [-0.3, -0.25) is 4.79 Å². The van der Waals surface area contributed by atoms with Gasteiger partial charge in [0.1, 0.15) is 6.61 Å². The van der Waals surface area contributed by atoms with Crippen LogP contribution in [-0.2, 0) is 11.3 Å². The van der Waals surface area contributed by atoms with Gasteiger partial charge in [-0.2, -0.15) is 0 Å². The van der Waals surface area contributed by atoms with E-state index in [1.807, 2.05) is 18.2 Å². The molecule has 0 aliphatic heterocycles. The van der Waals surface area contributed by atoms with Crippen molar-refractivity contribution >= 4 is 35.0 Å². The molecule has 0 bridgehead atoms. The maximum atomic E-state index is 14.0. The average Bonchev–Trinajstić information content (AvgIpc) is 2.56. The van der Waals surface area contributed by atoms with Crippen LogP contribution in [-0.4, -0.2) is 35.0 Å². The Kier molecular flexibility index (Phi) is 7.90. The summed E-state index contributed by atoms with van der Waals surface area (Å²) in [6.07, 6.45) is 0. The van der Waals surface area contributed by atoms with E-state index in [9.17, 15) is 4.79 Å². The van der Waals surface area contributed by atoms with E-state index in [0.717, 1.165) is 5.56 Å². The highest BCUT2D eigenvalue weighted by molar-refractivity contribution is 7.96. The number of ether oxygens (including phenoxy) is 1. The largest absolute Gasteiger partial charge is 0.466 e. The summed E-state index contributed by atoms with van der Waals surface area (Å²) in [7, 11) is -5.05. The van der Waals surface area contributed by atoms with E-state index >= 15 is 0 Å². The predicted molar refractivity (Wildman–Crippen MR) is 126 cm³/mol. The van der Waals surface area contributed by atoms with Gasteiger partial charge in [0.25, 0.3) is 5.59 Å². The first-order chi connectivity index (χ1) is 11.9. The average molecular weight is 425 g/mol. The molecular formula is C20H40O2Si4. The molecular weight excluding hydrogens is 385 g/mol. The van der Waals surface area contributed by atoms with Crippen molar-refractivity contribution in [3.63, 3.8) is 0 Å². The number of hydrogen-bond acceptors (Lipinski definition) is 2. The van der Waals surface area contributed by atoms with Crippen LogP contribution in [0.3, 0.4) is 0 Å². The van der Waals surface area contributed by atoms with Crippen LogP contribution in [0.4, 0.5) is 4.79 Å². The Morgan fingerprint density at radius 2 is 1.23 bits per heavy atom. The minimum atomic E-state index is -2.18. The van der Waals surface area contributed by atoms with Gasteiger partial charge in [0, 0.05) is 15.2 Å². The van der Waals surface area contributed by atoms with E-state index in [-0.39, 0.29) is 5.59 Å². The monoisotopic (exact) mass is 424 g/mol. The van der Waals surface area contributed by atoms with Gasteiger partial charge in [-0.15, -0.1) is 0 Å². The predicted octanol–water partition coefficient (Wildman–Crippen LogP) is 6.77. The first-order valence-corrected chi connectivity index (χ1v) is 24.8. The Hall–Kier alpha value is -0.442. The van der Waals surface area contributed by atoms with Gasteiger partial charge >= 0.3 is 0 Å². The number of carbonyl (C=O) groups is 1. The Morgan fingerprint density at radius 3 is 1.58 bits per heavy atom. The Bertz CT molecular complexity index is 562. The standard InChI is InChI=1S/C20H40O2Si4/c1-10-25(11-2,12-3)26(23(4,5)6,24(7,8)9)20(21)22-18-19-16-14-13-15-17-19/h13-17H,10-12,18H2,1-9H3. The molecule has 0 heterocycles.